The number of hydrogen-bond acceptors (Lipinski definition) is 6. The van der Waals surface area contributed by atoms with Crippen LogP contribution in [-0.2, 0) is 28.6 Å². The number of esters is 3. The van der Waals surface area contributed by atoms with Crippen molar-refractivity contribution in [3.8, 4) is 0 Å². The first-order chi connectivity index (χ1) is 20.5. The highest BCUT2D eigenvalue weighted by Crippen LogP contribution is 2.14. The molecule has 0 aliphatic rings. The van der Waals surface area contributed by atoms with E-state index in [1.807, 2.05) is 0 Å². The van der Waals surface area contributed by atoms with Crippen molar-refractivity contribution in [3.63, 3.8) is 0 Å². The standard InChI is InChI=1S/C36H68O6/c1-4-7-10-13-15-16-17-18-19-21-24-27-30-36(39)42-33(31-40-34(37)28-25-22-12-9-6-3)32-41-35(38)29-26-23-20-14-11-8-5-2/h33H,4-32H2,1-3H3/t33-/m0/s1. The summed E-state index contributed by atoms with van der Waals surface area (Å²) in [5.74, 6) is -0.887. The Morgan fingerprint density at radius 1 is 0.381 bits per heavy atom. The fraction of sp³-hybridized carbons (Fsp3) is 0.917. The van der Waals surface area contributed by atoms with Crippen molar-refractivity contribution in [1.82, 2.24) is 0 Å². The Kier molecular flexibility index (Phi) is 31.1. The Morgan fingerprint density at radius 2 is 0.643 bits per heavy atom. The average molecular weight is 597 g/mol. The lowest BCUT2D eigenvalue weighted by Crippen LogP contribution is -2.30. The van der Waals surface area contributed by atoms with Gasteiger partial charge in [-0.2, -0.15) is 0 Å². The minimum Gasteiger partial charge on any atom is -0.462 e. The van der Waals surface area contributed by atoms with E-state index in [4.69, 9.17) is 14.2 Å². The second kappa shape index (κ2) is 32.3. The molecule has 1 atom stereocenters. The van der Waals surface area contributed by atoms with Crippen LogP contribution < -0.4 is 0 Å². The van der Waals surface area contributed by atoms with Gasteiger partial charge in [-0.3, -0.25) is 14.4 Å². The maximum absolute atomic E-state index is 12.5. The minimum absolute atomic E-state index is 0.0662. The van der Waals surface area contributed by atoms with Gasteiger partial charge in [0.05, 0.1) is 0 Å². The molecule has 0 heterocycles. The molecule has 0 N–H and O–H groups in total. The summed E-state index contributed by atoms with van der Waals surface area (Å²) in [6, 6.07) is 0. The molecule has 0 fully saturated rings. The fourth-order valence-corrected chi connectivity index (χ4v) is 5.09. The monoisotopic (exact) mass is 597 g/mol. The van der Waals surface area contributed by atoms with Crippen molar-refractivity contribution >= 4 is 17.9 Å². The number of ether oxygens (including phenoxy) is 3. The van der Waals surface area contributed by atoms with Gasteiger partial charge >= 0.3 is 17.9 Å². The first kappa shape index (κ1) is 40.4. The van der Waals surface area contributed by atoms with Crippen LogP contribution in [0.15, 0.2) is 0 Å². The number of carbonyl (C=O) groups excluding carboxylic acids is 3. The molecule has 42 heavy (non-hydrogen) atoms. The number of carbonyl (C=O) groups is 3. The molecule has 0 saturated carbocycles. The van der Waals surface area contributed by atoms with E-state index in [2.05, 4.69) is 20.8 Å². The van der Waals surface area contributed by atoms with Gasteiger partial charge in [-0.15, -0.1) is 0 Å². The Bertz CT molecular complexity index is 620. The molecule has 0 aromatic carbocycles. The van der Waals surface area contributed by atoms with E-state index >= 15 is 0 Å². The van der Waals surface area contributed by atoms with Gasteiger partial charge in [0.1, 0.15) is 13.2 Å². The van der Waals surface area contributed by atoms with Crippen LogP contribution in [0, 0.1) is 0 Å². The van der Waals surface area contributed by atoms with Crippen LogP contribution >= 0.6 is 0 Å². The van der Waals surface area contributed by atoms with Gasteiger partial charge in [0.15, 0.2) is 6.10 Å². The molecule has 0 bridgehead atoms. The molecule has 0 aliphatic carbocycles. The molecule has 0 aromatic rings. The minimum atomic E-state index is -0.753. The quantitative estimate of drug-likeness (QED) is 0.0436. The lowest BCUT2D eigenvalue weighted by atomic mass is 10.0. The van der Waals surface area contributed by atoms with E-state index in [9.17, 15) is 14.4 Å². The van der Waals surface area contributed by atoms with E-state index in [1.54, 1.807) is 0 Å². The second-order valence-electron chi connectivity index (χ2n) is 12.2. The SMILES string of the molecule is CCCCCCCCCCCCCCC(=O)O[C@@H](COC(=O)CCCCCCC)COC(=O)CCCCCCCCC. The second-order valence-corrected chi connectivity index (χ2v) is 12.2. The molecule has 0 rings (SSSR count). The highest BCUT2D eigenvalue weighted by molar-refractivity contribution is 5.71. The summed E-state index contributed by atoms with van der Waals surface area (Å²) >= 11 is 0. The largest absolute Gasteiger partial charge is 0.462 e. The summed E-state index contributed by atoms with van der Waals surface area (Å²) in [4.78, 5) is 37.0. The van der Waals surface area contributed by atoms with Crippen LogP contribution in [0.25, 0.3) is 0 Å². The number of rotatable bonds is 32. The van der Waals surface area contributed by atoms with Gasteiger partial charge in [0.25, 0.3) is 0 Å². The fourth-order valence-electron chi connectivity index (χ4n) is 5.09. The third kappa shape index (κ3) is 29.9. The van der Waals surface area contributed by atoms with Crippen molar-refractivity contribution in [2.45, 2.75) is 200 Å². The predicted octanol–water partition coefficient (Wildman–Crippen LogP) is 10.6. The zero-order valence-corrected chi connectivity index (χ0v) is 28.0. The third-order valence-electron chi connectivity index (χ3n) is 7.86. The van der Waals surface area contributed by atoms with Crippen LogP contribution in [0.4, 0.5) is 0 Å². The average Bonchev–Trinajstić information content (AvgIpc) is 2.98. The molecule has 0 spiro atoms. The summed E-state index contributed by atoms with van der Waals surface area (Å²) in [5, 5.41) is 0. The lowest BCUT2D eigenvalue weighted by Gasteiger charge is -2.18. The Labute approximate surface area is 259 Å². The van der Waals surface area contributed by atoms with Gasteiger partial charge in [-0.1, -0.05) is 156 Å². The number of hydrogen-bond donors (Lipinski definition) is 0. The highest BCUT2D eigenvalue weighted by atomic mass is 16.6. The molecule has 0 amide bonds. The zero-order chi connectivity index (χ0) is 30.9. The van der Waals surface area contributed by atoms with Crippen molar-refractivity contribution in [2.24, 2.45) is 0 Å². The summed E-state index contributed by atoms with van der Waals surface area (Å²) in [6.45, 7) is 6.49. The topological polar surface area (TPSA) is 78.9 Å². The summed E-state index contributed by atoms with van der Waals surface area (Å²) in [7, 11) is 0. The zero-order valence-electron chi connectivity index (χ0n) is 28.0. The van der Waals surface area contributed by atoms with Crippen LogP contribution in [0.1, 0.15) is 194 Å². The van der Waals surface area contributed by atoms with Crippen LogP contribution in [0.2, 0.25) is 0 Å². The lowest BCUT2D eigenvalue weighted by molar-refractivity contribution is -0.167. The van der Waals surface area contributed by atoms with Gasteiger partial charge in [-0.25, -0.2) is 0 Å². The third-order valence-corrected chi connectivity index (χ3v) is 7.86. The molecule has 0 radical (unpaired) electrons. The summed E-state index contributed by atoms with van der Waals surface area (Å²) in [6.07, 6.45) is 28.3. The van der Waals surface area contributed by atoms with E-state index < -0.39 is 6.10 Å². The molecular weight excluding hydrogens is 528 g/mol. The van der Waals surface area contributed by atoms with E-state index in [0.29, 0.717) is 19.3 Å². The maximum atomic E-state index is 12.5. The molecule has 0 unspecified atom stereocenters. The van der Waals surface area contributed by atoms with Crippen LogP contribution in [-0.4, -0.2) is 37.2 Å². The van der Waals surface area contributed by atoms with Crippen molar-refractivity contribution in [1.29, 1.82) is 0 Å². The molecule has 6 nitrogen and oxygen atoms in total. The molecular formula is C36H68O6. The van der Waals surface area contributed by atoms with Crippen molar-refractivity contribution < 1.29 is 28.6 Å². The molecule has 0 saturated heterocycles. The van der Waals surface area contributed by atoms with Crippen molar-refractivity contribution in [2.75, 3.05) is 13.2 Å². The molecule has 0 aromatic heterocycles. The van der Waals surface area contributed by atoms with E-state index in [0.717, 1.165) is 64.2 Å². The van der Waals surface area contributed by atoms with Gasteiger partial charge in [0, 0.05) is 19.3 Å². The van der Waals surface area contributed by atoms with Crippen LogP contribution in [0.3, 0.4) is 0 Å². The molecule has 6 heteroatoms. The first-order valence-corrected chi connectivity index (χ1v) is 18.0. The summed E-state index contributed by atoms with van der Waals surface area (Å²) < 4.78 is 16.4. The maximum Gasteiger partial charge on any atom is 0.306 e. The van der Waals surface area contributed by atoms with Crippen LogP contribution in [0.5, 0.6) is 0 Å². The number of unbranched alkanes of at least 4 members (excludes halogenated alkanes) is 21. The highest BCUT2D eigenvalue weighted by Gasteiger charge is 2.19. The normalized spacial score (nSPS) is 11.8. The van der Waals surface area contributed by atoms with E-state index in [1.165, 1.54) is 89.9 Å². The molecule has 248 valence electrons. The van der Waals surface area contributed by atoms with Gasteiger partial charge in [0.2, 0.25) is 0 Å². The van der Waals surface area contributed by atoms with Gasteiger partial charge < -0.3 is 14.2 Å². The van der Waals surface area contributed by atoms with Gasteiger partial charge in [-0.05, 0) is 19.3 Å². The van der Waals surface area contributed by atoms with E-state index in [-0.39, 0.29) is 31.1 Å². The first-order valence-electron chi connectivity index (χ1n) is 18.0. The Morgan fingerprint density at radius 3 is 0.952 bits per heavy atom. The smallest absolute Gasteiger partial charge is 0.306 e. The Hall–Kier alpha value is -1.59. The molecule has 0 aliphatic heterocycles. The summed E-state index contributed by atoms with van der Waals surface area (Å²) in [5.41, 5.74) is 0. The predicted molar refractivity (Wildman–Crippen MR) is 173 cm³/mol. The van der Waals surface area contributed by atoms with Crippen molar-refractivity contribution in [3.05, 3.63) is 0 Å². The Balaban J connectivity index is 4.27.